The number of benzene rings is 1. The molecule has 0 aliphatic heterocycles. The van der Waals surface area contributed by atoms with E-state index in [9.17, 15) is 0 Å². The first-order valence-electron chi connectivity index (χ1n) is 5.72. The Morgan fingerprint density at radius 3 is 3.06 bits per heavy atom. The third-order valence-electron chi connectivity index (χ3n) is 2.61. The third-order valence-corrected chi connectivity index (χ3v) is 2.61. The summed E-state index contributed by atoms with van der Waals surface area (Å²) in [6.45, 7) is 1.25. The Bertz CT molecular complexity index is 636. The van der Waals surface area contributed by atoms with E-state index in [4.69, 9.17) is 4.74 Å². The van der Waals surface area contributed by atoms with Gasteiger partial charge in [0.15, 0.2) is 0 Å². The monoisotopic (exact) mass is 240 g/mol. The van der Waals surface area contributed by atoms with Crippen molar-refractivity contribution in [2.45, 2.75) is 6.54 Å². The molecular formula is C13H12N4O. The van der Waals surface area contributed by atoms with Gasteiger partial charge in [-0.3, -0.25) is 0 Å². The van der Waals surface area contributed by atoms with Gasteiger partial charge in [0.25, 0.3) is 0 Å². The highest BCUT2D eigenvalue weighted by molar-refractivity contribution is 5.77. The van der Waals surface area contributed by atoms with Crippen molar-refractivity contribution in [1.82, 2.24) is 19.5 Å². The van der Waals surface area contributed by atoms with E-state index in [2.05, 4.69) is 15.0 Å². The number of hydrogen-bond acceptors (Lipinski definition) is 4. The Kier molecular flexibility index (Phi) is 2.87. The molecule has 0 N–H and O–H groups in total. The minimum Gasteiger partial charge on any atom is -0.462 e. The fraction of sp³-hybridized carbons (Fsp3) is 0.154. The van der Waals surface area contributed by atoms with E-state index in [1.807, 2.05) is 35.0 Å². The molecule has 90 valence electrons. The predicted octanol–water partition coefficient (Wildman–Crippen LogP) is 1.91. The minimum atomic E-state index is 0.411. The largest absolute Gasteiger partial charge is 0.462 e. The van der Waals surface area contributed by atoms with E-state index in [0.29, 0.717) is 12.6 Å². The number of hydrogen-bond donors (Lipinski definition) is 0. The van der Waals surface area contributed by atoms with E-state index in [-0.39, 0.29) is 0 Å². The predicted molar refractivity (Wildman–Crippen MR) is 67.3 cm³/mol. The van der Waals surface area contributed by atoms with Gasteiger partial charge in [-0.15, -0.1) is 0 Å². The van der Waals surface area contributed by atoms with Crippen LogP contribution in [0.2, 0.25) is 0 Å². The van der Waals surface area contributed by atoms with Crippen molar-refractivity contribution in [2.24, 2.45) is 0 Å². The quantitative estimate of drug-likeness (QED) is 0.699. The van der Waals surface area contributed by atoms with E-state index < -0.39 is 0 Å². The fourth-order valence-electron chi connectivity index (χ4n) is 1.69. The normalized spacial score (nSPS) is 10.7. The third kappa shape index (κ3) is 2.29. The Labute approximate surface area is 104 Å². The molecule has 5 heteroatoms. The molecule has 5 nitrogen and oxygen atoms in total. The zero-order chi connectivity index (χ0) is 12.2. The summed E-state index contributed by atoms with van der Waals surface area (Å²) in [7, 11) is 0. The zero-order valence-electron chi connectivity index (χ0n) is 9.73. The van der Waals surface area contributed by atoms with Crippen LogP contribution in [0.5, 0.6) is 6.01 Å². The van der Waals surface area contributed by atoms with Crippen LogP contribution in [-0.2, 0) is 6.54 Å². The molecule has 0 bridgehead atoms. The number of nitrogens with zero attached hydrogens (tertiary/aromatic N) is 4. The average molecular weight is 240 g/mol. The van der Waals surface area contributed by atoms with Crippen LogP contribution in [-0.4, -0.2) is 26.1 Å². The lowest BCUT2D eigenvalue weighted by Crippen LogP contribution is -2.08. The smallest absolute Gasteiger partial charge is 0.316 e. The summed E-state index contributed by atoms with van der Waals surface area (Å²) < 4.78 is 7.46. The van der Waals surface area contributed by atoms with Crippen molar-refractivity contribution in [2.75, 3.05) is 6.61 Å². The molecule has 2 aromatic heterocycles. The Balaban J connectivity index is 1.67. The number of ether oxygens (including phenoxy) is 1. The second-order valence-corrected chi connectivity index (χ2v) is 3.86. The van der Waals surface area contributed by atoms with Gasteiger partial charge in [0.1, 0.15) is 6.61 Å². The van der Waals surface area contributed by atoms with Gasteiger partial charge in [-0.25, -0.2) is 9.97 Å². The average Bonchev–Trinajstić information content (AvgIpc) is 2.92. The molecule has 0 unspecified atom stereocenters. The van der Waals surface area contributed by atoms with Gasteiger partial charge in [-0.2, -0.15) is 4.98 Å². The van der Waals surface area contributed by atoms with Crippen molar-refractivity contribution in [1.29, 1.82) is 0 Å². The topological polar surface area (TPSA) is 52.8 Å². The molecule has 0 radical (unpaired) electrons. The molecule has 18 heavy (non-hydrogen) atoms. The maximum absolute atomic E-state index is 5.52. The molecule has 0 fully saturated rings. The highest BCUT2D eigenvalue weighted by Crippen LogP contribution is 2.12. The maximum Gasteiger partial charge on any atom is 0.316 e. The second-order valence-electron chi connectivity index (χ2n) is 3.86. The summed E-state index contributed by atoms with van der Waals surface area (Å²) in [6.07, 6.45) is 7.16. The lowest BCUT2D eigenvalue weighted by molar-refractivity contribution is 0.277. The number of rotatable bonds is 4. The van der Waals surface area contributed by atoms with Gasteiger partial charge in [0, 0.05) is 24.0 Å². The van der Waals surface area contributed by atoms with Crippen LogP contribution < -0.4 is 4.74 Å². The molecule has 0 saturated carbocycles. The molecule has 2 heterocycles. The molecule has 0 amide bonds. The molecule has 0 atom stereocenters. The molecule has 0 aliphatic carbocycles. The first-order valence-corrected chi connectivity index (χ1v) is 5.72. The SMILES string of the molecule is c1ccc2nc(OCCn3ccnc3)ncc2c1. The first kappa shape index (κ1) is 10.7. The van der Waals surface area contributed by atoms with Gasteiger partial charge in [0.05, 0.1) is 18.4 Å². The lowest BCUT2D eigenvalue weighted by Gasteiger charge is -2.05. The molecule has 1 aromatic carbocycles. The Hall–Kier alpha value is -2.43. The number of aromatic nitrogens is 4. The highest BCUT2D eigenvalue weighted by Gasteiger charge is 2.00. The van der Waals surface area contributed by atoms with Crippen LogP contribution in [0.25, 0.3) is 10.9 Å². The van der Waals surface area contributed by atoms with Gasteiger partial charge in [-0.05, 0) is 6.07 Å². The van der Waals surface area contributed by atoms with Crippen LogP contribution in [0.15, 0.2) is 49.2 Å². The minimum absolute atomic E-state index is 0.411. The van der Waals surface area contributed by atoms with Crippen LogP contribution in [0.1, 0.15) is 0 Å². The van der Waals surface area contributed by atoms with Gasteiger partial charge < -0.3 is 9.30 Å². The highest BCUT2D eigenvalue weighted by atomic mass is 16.5. The standard InChI is InChI=1S/C13H12N4O/c1-2-4-12-11(3-1)9-15-13(16-12)18-8-7-17-6-5-14-10-17/h1-6,9-10H,7-8H2. The van der Waals surface area contributed by atoms with Crippen LogP contribution in [0.4, 0.5) is 0 Å². The van der Waals surface area contributed by atoms with E-state index >= 15 is 0 Å². The lowest BCUT2D eigenvalue weighted by atomic mass is 10.2. The van der Waals surface area contributed by atoms with Gasteiger partial charge in [-0.1, -0.05) is 18.2 Å². The van der Waals surface area contributed by atoms with E-state index in [1.54, 1.807) is 18.7 Å². The van der Waals surface area contributed by atoms with Crippen LogP contribution >= 0.6 is 0 Å². The summed E-state index contributed by atoms with van der Waals surface area (Å²) in [6, 6.07) is 8.24. The number of para-hydroxylation sites is 1. The summed E-state index contributed by atoms with van der Waals surface area (Å²) in [5.74, 6) is 0. The number of fused-ring (bicyclic) bond motifs is 1. The van der Waals surface area contributed by atoms with Crippen molar-refractivity contribution in [3.05, 3.63) is 49.2 Å². The Morgan fingerprint density at radius 2 is 2.17 bits per heavy atom. The zero-order valence-corrected chi connectivity index (χ0v) is 9.73. The first-order chi connectivity index (χ1) is 8.92. The summed E-state index contributed by atoms with van der Waals surface area (Å²) in [5, 5.41) is 1.01. The van der Waals surface area contributed by atoms with E-state index in [0.717, 1.165) is 17.4 Å². The van der Waals surface area contributed by atoms with E-state index in [1.165, 1.54) is 0 Å². The maximum atomic E-state index is 5.52. The molecule has 0 spiro atoms. The van der Waals surface area contributed by atoms with Crippen molar-refractivity contribution >= 4 is 10.9 Å². The van der Waals surface area contributed by atoms with Crippen molar-refractivity contribution < 1.29 is 4.74 Å². The Morgan fingerprint density at radius 1 is 1.22 bits per heavy atom. The second kappa shape index (κ2) is 4.83. The molecule has 3 rings (SSSR count). The summed E-state index contributed by atoms with van der Waals surface area (Å²) >= 11 is 0. The number of imidazole rings is 1. The molecule has 3 aromatic rings. The fourth-order valence-corrected chi connectivity index (χ4v) is 1.69. The molecule has 0 aliphatic rings. The van der Waals surface area contributed by atoms with Crippen LogP contribution in [0.3, 0.4) is 0 Å². The summed E-state index contributed by atoms with van der Waals surface area (Å²) in [5.41, 5.74) is 0.894. The molecule has 0 saturated heterocycles. The summed E-state index contributed by atoms with van der Waals surface area (Å²) in [4.78, 5) is 12.5. The van der Waals surface area contributed by atoms with Crippen molar-refractivity contribution in [3.8, 4) is 6.01 Å². The van der Waals surface area contributed by atoms with Crippen LogP contribution in [0, 0.1) is 0 Å². The molecular weight excluding hydrogens is 228 g/mol. The van der Waals surface area contributed by atoms with Gasteiger partial charge in [0.2, 0.25) is 0 Å². The van der Waals surface area contributed by atoms with Gasteiger partial charge >= 0.3 is 6.01 Å². The van der Waals surface area contributed by atoms with Crippen molar-refractivity contribution in [3.63, 3.8) is 0 Å².